The zero-order chi connectivity index (χ0) is 16.1. The summed E-state index contributed by atoms with van der Waals surface area (Å²) in [6.45, 7) is 1.44. The van der Waals surface area contributed by atoms with Crippen LogP contribution in [0, 0.1) is 0 Å². The Morgan fingerprint density at radius 3 is 2.55 bits per heavy atom. The van der Waals surface area contributed by atoms with E-state index in [2.05, 4.69) is 5.32 Å². The standard InChI is InChI=1S/C15H19N3O4/c1-16-14(20)12-5-3-11(4-6-12)9-17(2)10-13(19)18-7-8-22-15(18)21/h3-6H,7-10H2,1-2H3,(H,16,20)/p+1. The van der Waals surface area contributed by atoms with E-state index in [1.807, 2.05) is 19.2 Å². The summed E-state index contributed by atoms with van der Waals surface area (Å²) in [5.74, 6) is -0.364. The molecule has 1 aliphatic rings. The van der Waals surface area contributed by atoms with Gasteiger partial charge in [0, 0.05) is 18.2 Å². The number of hydrogen-bond donors (Lipinski definition) is 2. The van der Waals surface area contributed by atoms with Gasteiger partial charge in [-0.15, -0.1) is 0 Å². The van der Waals surface area contributed by atoms with Crippen molar-refractivity contribution in [1.29, 1.82) is 0 Å². The van der Waals surface area contributed by atoms with Gasteiger partial charge in [0.2, 0.25) is 0 Å². The topological polar surface area (TPSA) is 80.2 Å². The van der Waals surface area contributed by atoms with Crippen molar-refractivity contribution in [3.8, 4) is 0 Å². The molecule has 0 aliphatic carbocycles. The van der Waals surface area contributed by atoms with Crippen LogP contribution in [0.5, 0.6) is 0 Å². The van der Waals surface area contributed by atoms with Gasteiger partial charge < -0.3 is 15.0 Å². The van der Waals surface area contributed by atoms with Gasteiger partial charge in [0.1, 0.15) is 13.2 Å². The molecule has 0 spiro atoms. The first-order chi connectivity index (χ1) is 10.5. The molecule has 7 nitrogen and oxygen atoms in total. The lowest BCUT2D eigenvalue weighted by Gasteiger charge is -2.16. The molecule has 1 aliphatic heterocycles. The molecule has 2 rings (SSSR count). The van der Waals surface area contributed by atoms with Gasteiger partial charge in [-0.25, -0.2) is 9.69 Å². The Hall–Kier alpha value is -2.41. The minimum atomic E-state index is -0.562. The van der Waals surface area contributed by atoms with Crippen molar-refractivity contribution >= 4 is 17.9 Å². The van der Waals surface area contributed by atoms with E-state index in [1.54, 1.807) is 19.2 Å². The number of quaternary nitrogens is 1. The van der Waals surface area contributed by atoms with Crippen LogP contribution in [0.15, 0.2) is 24.3 Å². The Labute approximate surface area is 128 Å². The maximum Gasteiger partial charge on any atom is 0.416 e. The maximum absolute atomic E-state index is 12.0. The SMILES string of the molecule is CNC(=O)c1ccc(C[NH+](C)CC(=O)N2CCOC2=O)cc1. The lowest BCUT2D eigenvalue weighted by atomic mass is 10.1. The number of likely N-dealkylation sites (N-methyl/N-ethyl adjacent to an activating group) is 1. The van der Waals surface area contributed by atoms with Crippen molar-refractivity contribution in [1.82, 2.24) is 10.2 Å². The molecule has 0 aromatic heterocycles. The number of benzene rings is 1. The summed E-state index contributed by atoms with van der Waals surface area (Å²) in [6.07, 6.45) is -0.562. The predicted octanol–water partition coefficient (Wildman–Crippen LogP) is -0.960. The first-order valence-corrected chi connectivity index (χ1v) is 7.10. The number of nitrogens with one attached hydrogen (secondary N) is 2. The largest absolute Gasteiger partial charge is 0.447 e. The van der Waals surface area contributed by atoms with Gasteiger partial charge in [-0.3, -0.25) is 9.59 Å². The van der Waals surface area contributed by atoms with Gasteiger partial charge in [0.15, 0.2) is 6.54 Å². The van der Waals surface area contributed by atoms with Gasteiger partial charge in [-0.05, 0) is 12.1 Å². The van der Waals surface area contributed by atoms with E-state index in [0.29, 0.717) is 18.7 Å². The van der Waals surface area contributed by atoms with Crippen LogP contribution in [-0.4, -0.2) is 56.6 Å². The van der Waals surface area contributed by atoms with Crippen LogP contribution < -0.4 is 10.2 Å². The van der Waals surface area contributed by atoms with Crippen molar-refractivity contribution in [2.45, 2.75) is 6.54 Å². The zero-order valence-corrected chi connectivity index (χ0v) is 12.7. The quantitative estimate of drug-likeness (QED) is 0.734. The summed E-state index contributed by atoms with van der Waals surface area (Å²) in [4.78, 5) is 36.9. The minimum Gasteiger partial charge on any atom is -0.447 e. The van der Waals surface area contributed by atoms with Gasteiger partial charge in [-0.1, -0.05) is 12.1 Å². The predicted molar refractivity (Wildman–Crippen MR) is 78.4 cm³/mol. The zero-order valence-electron chi connectivity index (χ0n) is 12.7. The summed E-state index contributed by atoms with van der Waals surface area (Å²) in [7, 11) is 3.47. The Kier molecular flexibility index (Phi) is 5.11. The maximum atomic E-state index is 12.0. The normalized spacial score (nSPS) is 15.4. The lowest BCUT2D eigenvalue weighted by molar-refractivity contribution is -0.885. The molecule has 1 atom stereocenters. The van der Waals surface area contributed by atoms with Crippen LogP contribution in [0.1, 0.15) is 15.9 Å². The molecule has 1 heterocycles. The molecule has 22 heavy (non-hydrogen) atoms. The number of imide groups is 1. The Bertz CT molecular complexity index is 571. The molecule has 1 fully saturated rings. The number of rotatable bonds is 5. The average molecular weight is 306 g/mol. The van der Waals surface area contributed by atoms with Crippen LogP contribution in [-0.2, 0) is 16.1 Å². The van der Waals surface area contributed by atoms with Gasteiger partial charge in [-0.2, -0.15) is 0 Å². The number of cyclic esters (lactones) is 1. The van der Waals surface area contributed by atoms with E-state index in [0.717, 1.165) is 15.4 Å². The molecule has 1 saturated heterocycles. The fourth-order valence-corrected chi connectivity index (χ4v) is 2.30. The first-order valence-electron chi connectivity index (χ1n) is 7.10. The van der Waals surface area contributed by atoms with E-state index < -0.39 is 6.09 Å². The summed E-state index contributed by atoms with van der Waals surface area (Å²) >= 11 is 0. The Balaban J connectivity index is 1.88. The van der Waals surface area contributed by atoms with Crippen LogP contribution in [0.2, 0.25) is 0 Å². The van der Waals surface area contributed by atoms with Crippen molar-refractivity contribution in [3.05, 3.63) is 35.4 Å². The highest BCUT2D eigenvalue weighted by Gasteiger charge is 2.30. The van der Waals surface area contributed by atoms with Crippen molar-refractivity contribution < 1.29 is 24.0 Å². The van der Waals surface area contributed by atoms with Crippen molar-refractivity contribution in [2.24, 2.45) is 0 Å². The lowest BCUT2D eigenvalue weighted by Crippen LogP contribution is -3.08. The van der Waals surface area contributed by atoms with E-state index >= 15 is 0 Å². The molecule has 2 N–H and O–H groups in total. The fourth-order valence-electron chi connectivity index (χ4n) is 2.30. The number of amides is 3. The Morgan fingerprint density at radius 2 is 2.00 bits per heavy atom. The van der Waals surface area contributed by atoms with Crippen molar-refractivity contribution in [3.63, 3.8) is 0 Å². The van der Waals surface area contributed by atoms with Gasteiger partial charge in [0.25, 0.3) is 11.8 Å². The van der Waals surface area contributed by atoms with Crippen LogP contribution >= 0.6 is 0 Å². The van der Waals surface area contributed by atoms with E-state index in [1.165, 1.54) is 0 Å². The molecular weight excluding hydrogens is 286 g/mol. The van der Waals surface area contributed by atoms with Crippen LogP contribution in [0.4, 0.5) is 4.79 Å². The molecule has 1 aromatic rings. The highest BCUT2D eigenvalue weighted by molar-refractivity contribution is 5.94. The number of ether oxygens (including phenoxy) is 1. The number of nitrogens with zero attached hydrogens (tertiary/aromatic N) is 1. The minimum absolute atomic E-state index is 0.130. The molecule has 1 aromatic carbocycles. The third-order valence-electron chi connectivity index (χ3n) is 3.46. The number of hydrogen-bond acceptors (Lipinski definition) is 4. The molecule has 118 valence electrons. The fraction of sp³-hybridized carbons (Fsp3) is 0.400. The highest BCUT2D eigenvalue weighted by atomic mass is 16.6. The number of carbonyl (C=O) groups is 3. The molecule has 3 amide bonds. The van der Waals surface area contributed by atoms with E-state index in [4.69, 9.17) is 4.74 Å². The second-order valence-corrected chi connectivity index (χ2v) is 5.25. The molecular formula is C15H20N3O4+. The second kappa shape index (κ2) is 7.04. The van der Waals surface area contributed by atoms with Crippen LogP contribution in [0.3, 0.4) is 0 Å². The van der Waals surface area contributed by atoms with Gasteiger partial charge in [0.05, 0.1) is 13.6 Å². The molecule has 1 unspecified atom stereocenters. The summed E-state index contributed by atoms with van der Waals surface area (Å²) < 4.78 is 4.75. The third kappa shape index (κ3) is 3.82. The van der Waals surface area contributed by atoms with E-state index in [9.17, 15) is 14.4 Å². The summed E-state index contributed by atoms with van der Waals surface area (Å²) in [5, 5.41) is 2.56. The van der Waals surface area contributed by atoms with Gasteiger partial charge >= 0.3 is 6.09 Å². The van der Waals surface area contributed by atoms with Crippen LogP contribution in [0.25, 0.3) is 0 Å². The summed E-state index contributed by atoms with van der Waals surface area (Å²) in [6, 6.07) is 7.23. The smallest absolute Gasteiger partial charge is 0.416 e. The molecule has 7 heteroatoms. The average Bonchev–Trinajstić information content (AvgIpc) is 2.93. The molecule has 0 saturated carbocycles. The molecule has 0 radical (unpaired) electrons. The second-order valence-electron chi connectivity index (χ2n) is 5.25. The Morgan fingerprint density at radius 1 is 1.32 bits per heavy atom. The van der Waals surface area contributed by atoms with Crippen molar-refractivity contribution in [2.75, 3.05) is 33.8 Å². The number of carbonyl (C=O) groups excluding carboxylic acids is 3. The third-order valence-corrected chi connectivity index (χ3v) is 3.46. The van der Waals surface area contributed by atoms with E-state index in [-0.39, 0.29) is 25.0 Å². The highest BCUT2D eigenvalue weighted by Crippen LogP contribution is 2.04. The molecule has 0 bridgehead atoms. The first kappa shape index (κ1) is 16.0. The monoisotopic (exact) mass is 306 g/mol. The summed E-state index contributed by atoms with van der Waals surface area (Å²) in [5.41, 5.74) is 1.61.